The van der Waals surface area contributed by atoms with Gasteiger partial charge in [-0.2, -0.15) is 0 Å². The molecule has 1 aromatic carbocycles. The highest BCUT2D eigenvalue weighted by Crippen LogP contribution is 2.25. The molecule has 0 unspecified atom stereocenters. The molecule has 4 nitrogen and oxygen atoms in total. The second-order valence-corrected chi connectivity index (χ2v) is 5.56. The molecule has 2 N–H and O–H groups in total. The highest BCUT2D eigenvalue weighted by molar-refractivity contribution is 5.94. The Bertz CT molecular complexity index is 469. The molecule has 1 aliphatic heterocycles. The van der Waals surface area contributed by atoms with Gasteiger partial charge in [-0.25, -0.2) is 0 Å². The summed E-state index contributed by atoms with van der Waals surface area (Å²) in [5.74, 6) is 0.107. The van der Waals surface area contributed by atoms with Gasteiger partial charge in [-0.3, -0.25) is 4.79 Å². The maximum atomic E-state index is 11.3. The van der Waals surface area contributed by atoms with Crippen LogP contribution in [0.3, 0.4) is 0 Å². The Labute approximate surface area is 114 Å². The number of amides is 1. The molecular formula is C15H22N2O2. The molecule has 0 saturated heterocycles. The van der Waals surface area contributed by atoms with Crippen molar-refractivity contribution in [1.82, 2.24) is 0 Å². The van der Waals surface area contributed by atoms with Crippen LogP contribution in [0, 0.1) is 0 Å². The number of carbonyl (C=O) groups excluding carboxylic acids is 1. The van der Waals surface area contributed by atoms with Crippen LogP contribution in [-0.4, -0.2) is 25.2 Å². The largest absolute Gasteiger partial charge is 0.385 e. The van der Waals surface area contributed by atoms with Crippen LogP contribution in [-0.2, 0) is 16.0 Å². The summed E-state index contributed by atoms with van der Waals surface area (Å²) < 4.78 is 5.39. The van der Waals surface area contributed by atoms with Gasteiger partial charge in [0, 0.05) is 31.5 Å². The maximum absolute atomic E-state index is 11.3. The fourth-order valence-corrected chi connectivity index (χ4v) is 2.10. The molecule has 19 heavy (non-hydrogen) atoms. The molecule has 0 saturated carbocycles. The van der Waals surface area contributed by atoms with Crippen LogP contribution >= 0.6 is 0 Å². The Morgan fingerprint density at radius 2 is 2.16 bits per heavy atom. The predicted octanol–water partition coefficient (Wildman–Crippen LogP) is 2.80. The smallest absolute Gasteiger partial charge is 0.224 e. The van der Waals surface area contributed by atoms with Crippen molar-refractivity contribution in [2.75, 3.05) is 24.3 Å². The van der Waals surface area contributed by atoms with Crippen LogP contribution in [0.15, 0.2) is 18.2 Å². The van der Waals surface area contributed by atoms with Gasteiger partial charge in [0.25, 0.3) is 0 Å². The Hall–Kier alpha value is -1.55. The van der Waals surface area contributed by atoms with Gasteiger partial charge in [0.2, 0.25) is 5.91 Å². The average molecular weight is 262 g/mol. The van der Waals surface area contributed by atoms with E-state index in [1.54, 1.807) is 7.11 Å². The van der Waals surface area contributed by atoms with E-state index in [4.69, 9.17) is 4.74 Å². The zero-order valence-electron chi connectivity index (χ0n) is 11.9. The molecule has 0 bridgehead atoms. The van der Waals surface area contributed by atoms with Crippen molar-refractivity contribution < 1.29 is 9.53 Å². The van der Waals surface area contributed by atoms with Crippen LogP contribution in [0.2, 0.25) is 0 Å². The van der Waals surface area contributed by atoms with Crippen LogP contribution in [0.4, 0.5) is 11.4 Å². The quantitative estimate of drug-likeness (QED) is 0.858. The van der Waals surface area contributed by atoms with E-state index in [9.17, 15) is 4.79 Å². The molecule has 4 heteroatoms. The van der Waals surface area contributed by atoms with E-state index < -0.39 is 0 Å². The van der Waals surface area contributed by atoms with E-state index >= 15 is 0 Å². The highest BCUT2D eigenvalue weighted by atomic mass is 16.5. The predicted molar refractivity (Wildman–Crippen MR) is 77.6 cm³/mol. The lowest BCUT2D eigenvalue weighted by Gasteiger charge is -2.23. The number of fused-ring (bicyclic) bond motifs is 1. The first kappa shape index (κ1) is 13.9. The summed E-state index contributed by atoms with van der Waals surface area (Å²) in [6.07, 6.45) is 2.34. The van der Waals surface area contributed by atoms with Gasteiger partial charge in [0.1, 0.15) is 0 Å². The topological polar surface area (TPSA) is 50.4 Å². The Balaban J connectivity index is 1.94. The number of nitrogens with one attached hydrogen (secondary N) is 2. The van der Waals surface area contributed by atoms with Crippen molar-refractivity contribution in [2.24, 2.45) is 0 Å². The first-order valence-electron chi connectivity index (χ1n) is 6.72. The van der Waals surface area contributed by atoms with Crippen molar-refractivity contribution >= 4 is 17.3 Å². The summed E-state index contributed by atoms with van der Waals surface area (Å²) in [6, 6.07) is 6.09. The number of anilines is 2. The van der Waals surface area contributed by atoms with Gasteiger partial charge >= 0.3 is 0 Å². The summed E-state index contributed by atoms with van der Waals surface area (Å²) in [4.78, 5) is 11.3. The molecule has 1 heterocycles. The lowest BCUT2D eigenvalue weighted by Crippen LogP contribution is -2.25. The molecule has 1 amide bonds. The molecule has 0 fully saturated rings. The van der Waals surface area contributed by atoms with Gasteiger partial charge in [-0.1, -0.05) is 0 Å². The van der Waals surface area contributed by atoms with Crippen LogP contribution in [0.5, 0.6) is 0 Å². The third-order valence-corrected chi connectivity index (χ3v) is 3.61. The van der Waals surface area contributed by atoms with Gasteiger partial charge in [0.05, 0.1) is 5.60 Å². The monoisotopic (exact) mass is 262 g/mol. The second-order valence-electron chi connectivity index (χ2n) is 5.56. The van der Waals surface area contributed by atoms with E-state index in [1.807, 2.05) is 12.1 Å². The lowest BCUT2D eigenvalue weighted by molar-refractivity contribution is -0.116. The summed E-state index contributed by atoms with van der Waals surface area (Å²) in [7, 11) is 1.74. The first-order chi connectivity index (χ1) is 9.00. The summed E-state index contributed by atoms with van der Waals surface area (Å²) in [5.41, 5.74) is 3.14. The Morgan fingerprint density at radius 3 is 2.89 bits per heavy atom. The minimum atomic E-state index is -0.102. The third kappa shape index (κ3) is 3.70. The zero-order valence-corrected chi connectivity index (χ0v) is 11.9. The van der Waals surface area contributed by atoms with Crippen molar-refractivity contribution in [3.63, 3.8) is 0 Å². The molecule has 1 aliphatic rings. The minimum absolute atomic E-state index is 0.102. The summed E-state index contributed by atoms with van der Waals surface area (Å²) in [5, 5.41) is 6.29. The van der Waals surface area contributed by atoms with Crippen molar-refractivity contribution in [3.8, 4) is 0 Å². The van der Waals surface area contributed by atoms with Crippen molar-refractivity contribution in [2.45, 2.75) is 38.7 Å². The van der Waals surface area contributed by atoms with Gasteiger partial charge in [-0.15, -0.1) is 0 Å². The number of rotatable bonds is 5. The zero-order chi connectivity index (χ0) is 13.9. The minimum Gasteiger partial charge on any atom is -0.385 e. The fraction of sp³-hybridized carbons (Fsp3) is 0.533. The number of aryl methyl sites for hydroxylation is 1. The van der Waals surface area contributed by atoms with E-state index in [0.29, 0.717) is 6.42 Å². The van der Waals surface area contributed by atoms with Crippen LogP contribution in [0.1, 0.15) is 32.3 Å². The number of benzene rings is 1. The van der Waals surface area contributed by atoms with E-state index in [2.05, 4.69) is 30.5 Å². The molecule has 2 rings (SSSR count). The maximum Gasteiger partial charge on any atom is 0.224 e. The SMILES string of the molecule is COC(C)(C)CCNc1ccc2c(c1)CCC(=O)N2. The fourth-order valence-electron chi connectivity index (χ4n) is 2.10. The Morgan fingerprint density at radius 1 is 1.37 bits per heavy atom. The first-order valence-corrected chi connectivity index (χ1v) is 6.72. The highest BCUT2D eigenvalue weighted by Gasteiger charge is 2.16. The van der Waals surface area contributed by atoms with Crippen molar-refractivity contribution in [1.29, 1.82) is 0 Å². The number of hydrogen-bond donors (Lipinski definition) is 2. The van der Waals surface area contributed by atoms with E-state index in [1.165, 1.54) is 5.56 Å². The molecule has 0 aromatic heterocycles. The number of hydrogen-bond acceptors (Lipinski definition) is 3. The summed E-state index contributed by atoms with van der Waals surface area (Å²) >= 11 is 0. The summed E-state index contributed by atoms with van der Waals surface area (Å²) in [6.45, 7) is 5.03. The second kappa shape index (κ2) is 5.61. The molecule has 0 aliphatic carbocycles. The molecule has 0 spiro atoms. The van der Waals surface area contributed by atoms with E-state index in [-0.39, 0.29) is 11.5 Å². The Kier molecular flexibility index (Phi) is 4.10. The van der Waals surface area contributed by atoms with Gasteiger partial charge in [0.15, 0.2) is 0 Å². The molecule has 1 aromatic rings. The third-order valence-electron chi connectivity index (χ3n) is 3.61. The van der Waals surface area contributed by atoms with Crippen LogP contribution in [0.25, 0.3) is 0 Å². The van der Waals surface area contributed by atoms with Gasteiger partial charge < -0.3 is 15.4 Å². The van der Waals surface area contributed by atoms with Crippen molar-refractivity contribution in [3.05, 3.63) is 23.8 Å². The number of carbonyl (C=O) groups is 1. The normalized spacial score (nSPS) is 14.8. The molecule has 104 valence electrons. The molecule has 0 radical (unpaired) electrons. The lowest BCUT2D eigenvalue weighted by atomic mass is 10.0. The standard InChI is InChI=1S/C15H22N2O2/c1-15(2,19-3)8-9-16-12-5-6-13-11(10-12)4-7-14(18)17-13/h5-6,10,16H,4,7-9H2,1-3H3,(H,17,18). The average Bonchev–Trinajstić information content (AvgIpc) is 2.39. The molecular weight excluding hydrogens is 240 g/mol. The van der Waals surface area contributed by atoms with Crippen LogP contribution < -0.4 is 10.6 Å². The van der Waals surface area contributed by atoms with E-state index in [0.717, 1.165) is 30.8 Å². The number of methoxy groups -OCH3 is 1. The number of ether oxygens (including phenoxy) is 1. The van der Waals surface area contributed by atoms with Gasteiger partial charge in [-0.05, 0) is 50.5 Å². The molecule has 0 atom stereocenters.